The Morgan fingerprint density at radius 3 is 2.88 bits per heavy atom. The third-order valence-electron chi connectivity index (χ3n) is 2.69. The van der Waals surface area contributed by atoms with Crippen LogP contribution in [-0.4, -0.2) is 41.0 Å². The molecule has 0 saturated carbocycles. The Hall–Kier alpha value is -1.63. The fourth-order valence-corrected chi connectivity index (χ4v) is 1.92. The van der Waals surface area contributed by atoms with E-state index in [1.807, 2.05) is 4.90 Å². The number of hydrogen-bond donors (Lipinski definition) is 2. The van der Waals surface area contributed by atoms with Gasteiger partial charge in [-0.15, -0.1) is 0 Å². The number of nitrogens with one attached hydrogen (secondary N) is 1. The van der Waals surface area contributed by atoms with E-state index in [0.717, 1.165) is 0 Å². The second-order valence-electron chi connectivity index (χ2n) is 3.81. The third-order valence-corrected chi connectivity index (χ3v) is 2.86. The summed E-state index contributed by atoms with van der Waals surface area (Å²) in [4.78, 5) is 25.1. The number of nitrogens with zero attached hydrogens (tertiary/aromatic N) is 4. The van der Waals surface area contributed by atoms with Crippen LogP contribution < -0.4 is 16.0 Å². The highest BCUT2D eigenvalue weighted by Crippen LogP contribution is 2.22. The lowest BCUT2D eigenvalue weighted by atomic mass is 10.1. The molecule has 92 valence electrons. The van der Waals surface area contributed by atoms with Gasteiger partial charge in [-0.3, -0.25) is 4.79 Å². The summed E-state index contributed by atoms with van der Waals surface area (Å²) in [5.41, 5.74) is 5.27. The van der Waals surface area contributed by atoms with Gasteiger partial charge in [-0.1, -0.05) is 0 Å². The Morgan fingerprint density at radius 2 is 2.29 bits per heavy atom. The van der Waals surface area contributed by atoms with E-state index in [0.29, 0.717) is 31.4 Å². The summed E-state index contributed by atoms with van der Waals surface area (Å²) in [6.45, 7) is 1.22. The second-order valence-corrected chi connectivity index (χ2v) is 4.15. The van der Waals surface area contributed by atoms with Crippen LogP contribution in [0.15, 0.2) is 0 Å². The van der Waals surface area contributed by atoms with Crippen molar-refractivity contribution in [3.8, 4) is 0 Å². The van der Waals surface area contributed by atoms with Gasteiger partial charge in [0, 0.05) is 20.1 Å². The first-order valence-electron chi connectivity index (χ1n) is 5.23. The smallest absolute Gasteiger partial charge is 0.231 e. The molecule has 1 unspecified atom stereocenters. The Morgan fingerprint density at radius 1 is 1.53 bits per heavy atom. The molecule has 0 aromatic carbocycles. The molecular formula is C9H13ClN6O. The second kappa shape index (κ2) is 4.70. The van der Waals surface area contributed by atoms with Crippen LogP contribution >= 0.6 is 11.6 Å². The van der Waals surface area contributed by atoms with E-state index in [9.17, 15) is 4.79 Å². The molecule has 1 amide bonds. The number of rotatable bonds is 3. The van der Waals surface area contributed by atoms with E-state index in [-0.39, 0.29) is 17.1 Å². The Labute approximate surface area is 103 Å². The number of primary amides is 1. The van der Waals surface area contributed by atoms with E-state index in [1.54, 1.807) is 7.05 Å². The van der Waals surface area contributed by atoms with Crippen molar-refractivity contribution in [2.24, 2.45) is 11.7 Å². The molecule has 17 heavy (non-hydrogen) atoms. The molecule has 1 atom stereocenters. The molecule has 3 N–H and O–H groups in total. The van der Waals surface area contributed by atoms with Crippen molar-refractivity contribution in [1.29, 1.82) is 0 Å². The van der Waals surface area contributed by atoms with E-state index in [1.165, 1.54) is 0 Å². The number of hydrogen-bond acceptors (Lipinski definition) is 6. The van der Waals surface area contributed by atoms with Crippen LogP contribution in [0.25, 0.3) is 0 Å². The molecule has 1 aromatic rings. The van der Waals surface area contributed by atoms with E-state index >= 15 is 0 Å². The molecule has 1 fully saturated rings. The summed E-state index contributed by atoms with van der Waals surface area (Å²) >= 11 is 5.79. The van der Waals surface area contributed by atoms with Gasteiger partial charge in [-0.25, -0.2) is 0 Å². The normalized spacial score (nSPS) is 19.4. The lowest BCUT2D eigenvalue weighted by Crippen LogP contribution is -2.28. The maximum absolute atomic E-state index is 11.1. The van der Waals surface area contributed by atoms with Crippen LogP contribution in [0, 0.1) is 5.92 Å². The van der Waals surface area contributed by atoms with Crippen LogP contribution in [0.3, 0.4) is 0 Å². The highest BCUT2D eigenvalue weighted by Gasteiger charge is 2.28. The van der Waals surface area contributed by atoms with Gasteiger partial charge in [0.15, 0.2) is 0 Å². The molecule has 0 aliphatic carbocycles. The predicted molar refractivity (Wildman–Crippen MR) is 63.9 cm³/mol. The van der Waals surface area contributed by atoms with Gasteiger partial charge >= 0.3 is 0 Å². The van der Waals surface area contributed by atoms with Crippen LogP contribution in [0.2, 0.25) is 5.28 Å². The van der Waals surface area contributed by atoms with Gasteiger partial charge in [0.2, 0.25) is 23.1 Å². The minimum atomic E-state index is -0.290. The van der Waals surface area contributed by atoms with Gasteiger partial charge in [0.25, 0.3) is 0 Å². The summed E-state index contributed by atoms with van der Waals surface area (Å²) < 4.78 is 0. The SMILES string of the molecule is CNc1nc(Cl)nc(N2CCC(C(N)=O)C2)n1. The monoisotopic (exact) mass is 256 g/mol. The van der Waals surface area contributed by atoms with Gasteiger partial charge in [0.1, 0.15) is 0 Å². The first-order chi connectivity index (χ1) is 8.10. The molecule has 1 saturated heterocycles. The number of aromatic nitrogens is 3. The van der Waals surface area contributed by atoms with Crippen LogP contribution in [0.1, 0.15) is 6.42 Å². The summed E-state index contributed by atoms with van der Waals surface area (Å²) in [6, 6.07) is 0. The van der Waals surface area contributed by atoms with Crippen molar-refractivity contribution in [1.82, 2.24) is 15.0 Å². The minimum absolute atomic E-state index is 0.127. The molecule has 1 aromatic heterocycles. The summed E-state index contributed by atoms with van der Waals surface area (Å²) in [5.74, 6) is 0.436. The molecule has 1 aliphatic heterocycles. The lowest BCUT2D eigenvalue weighted by Gasteiger charge is -2.16. The highest BCUT2D eigenvalue weighted by atomic mass is 35.5. The topological polar surface area (TPSA) is 97.0 Å². The maximum atomic E-state index is 11.1. The number of amides is 1. The quantitative estimate of drug-likeness (QED) is 0.783. The number of halogens is 1. The van der Waals surface area contributed by atoms with Gasteiger partial charge in [-0.2, -0.15) is 15.0 Å². The fraction of sp³-hybridized carbons (Fsp3) is 0.556. The highest BCUT2D eigenvalue weighted by molar-refractivity contribution is 6.28. The lowest BCUT2D eigenvalue weighted by molar-refractivity contribution is -0.121. The molecule has 2 heterocycles. The number of anilines is 2. The zero-order chi connectivity index (χ0) is 12.4. The molecule has 0 radical (unpaired) electrons. The summed E-state index contributed by atoms with van der Waals surface area (Å²) in [6.07, 6.45) is 0.716. The Kier molecular flexibility index (Phi) is 3.28. The fourth-order valence-electron chi connectivity index (χ4n) is 1.77. The van der Waals surface area contributed by atoms with Crippen molar-refractivity contribution in [2.45, 2.75) is 6.42 Å². The molecule has 1 aliphatic rings. The summed E-state index contributed by atoms with van der Waals surface area (Å²) in [5, 5.41) is 2.93. The largest absolute Gasteiger partial charge is 0.369 e. The van der Waals surface area contributed by atoms with E-state index < -0.39 is 0 Å². The van der Waals surface area contributed by atoms with Gasteiger partial charge in [-0.05, 0) is 18.0 Å². The Bertz CT molecular complexity index is 439. The molecule has 0 spiro atoms. The molecule has 8 heteroatoms. The predicted octanol–water partition coefficient (Wildman–Crippen LogP) is -0.122. The minimum Gasteiger partial charge on any atom is -0.369 e. The van der Waals surface area contributed by atoms with Crippen molar-refractivity contribution in [2.75, 3.05) is 30.4 Å². The number of carbonyl (C=O) groups excluding carboxylic acids is 1. The molecule has 7 nitrogen and oxygen atoms in total. The van der Waals surface area contributed by atoms with Gasteiger partial charge < -0.3 is 16.0 Å². The van der Waals surface area contributed by atoms with Crippen LogP contribution in [0.5, 0.6) is 0 Å². The standard InChI is InChI=1S/C9H13ClN6O/c1-12-8-13-7(10)14-9(15-8)16-3-2-5(4-16)6(11)17/h5H,2-4H2,1H3,(H2,11,17)(H,12,13,14,15). The molecule has 2 rings (SSSR count). The average molecular weight is 257 g/mol. The zero-order valence-electron chi connectivity index (χ0n) is 9.35. The van der Waals surface area contributed by atoms with E-state index in [2.05, 4.69) is 20.3 Å². The summed E-state index contributed by atoms with van der Waals surface area (Å²) in [7, 11) is 1.70. The third kappa shape index (κ3) is 2.55. The number of carbonyl (C=O) groups is 1. The average Bonchev–Trinajstić information content (AvgIpc) is 2.77. The van der Waals surface area contributed by atoms with Crippen molar-refractivity contribution < 1.29 is 4.79 Å². The van der Waals surface area contributed by atoms with E-state index in [4.69, 9.17) is 17.3 Å². The van der Waals surface area contributed by atoms with Crippen molar-refractivity contribution >= 4 is 29.4 Å². The zero-order valence-corrected chi connectivity index (χ0v) is 10.1. The number of nitrogens with two attached hydrogens (primary N) is 1. The molecule has 0 bridgehead atoms. The van der Waals surface area contributed by atoms with Crippen molar-refractivity contribution in [3.63, 3.8) is 0 Å². The maximum Gasteiger partial charge on any atom is 0.231 e. The first kappa shape index (κ1) is 11.8. The van der Waals surface area contributed by atoms with Crippen LogP contribution in [-0.2, 0) is 4.79 Å². The van der Waals surface area contributed by atoms with Crippen molar-refractivity contribution in [3.05, 3.63) is 5.28 Å². The Balaban J connectivity index is 2.18. The first-order valence-corrected chi connectivity index (χ1v) is 5.61. The van der Waals surface area contributed by atoms with Crippen LogP contribution in [0.4, 0.5) is 11.9 Å². The van der Waals surface area contributed by atoms with Gasteiger partial charge in [0.05, 0.1) is 5.92 Å². The molecular weight excluding hydrogens is 244 g/mol.